The Morgan fingerprint density at radius 1 is 1.42 bits per heavy atom. The van der Waals surface area contributed by atoms with Gasteiger partial charge in [-0.05, 0) is 37.1 Å². The van der Waals surface area contributed by atoms with Gasteiger partial charge in [0.15, 0.2) is 0 Å². The number of aryl methyl sites for hydroxylation is 2. The van der Waals surface area contributed by atoms with E-state index in [2.05, 4.69) is 12.2 Å². The molecular formula is C15H22N2O2. The monoisotopic (exact) mass is 262 g/mol. The molecule has 1 N–H and O–H groups in total. The molecule has 104 valence electrons. The van der Waals surface area contributed by atoms with Gasteiger partial charge in [0.25, 0.3) is 5.91 Å². The molecule has 2 rings (SSSR count). The lowest BCUT2D eigenvalue weighted by atomic mass is 10.1. The van der Waals surface area contributed by atoms with E-state index in [1.54, 1.807) is 4.90 Å². The van der Waals surface area contributed by atoms with Crippen molar-refractivity contribution >= 4 is 5.91 Å². The molecule has 1 amide bonds. The second-order valence-corrected chi connectivity index (χ2v) is 5.18. The summed E-state index contributed by atoms with van der Waals surface area (Å²) in [6.07, 6.45) is 0.0919. The molecule has 1 unspecified atom stereocenters. The van der Waals surface area contributed by atoms with Crippen LogP contribution in [0.1, 0.15) is 21.5 Å². The van der Waals surface area contributed by atoms with E-state index in [-0.39, 0.29) is 12.0 Å². The fraction of sp³-hybridized carbons (Fsp3) is 0.533. The summed E-state index contributed by atoms with van der Waals surface area (Å²) in [6.45, 7) is 7.13. The molecular weight excluding hydrogens is 240 g/mol. The summed E-state index contributed by atoms with van der Waals surface area (Å²) >= 11 is 0. The number of rotatable bonds is 3. The highest BCUT2D eigenvalue weighted by molar-refractivity contribution is 5.94. The molecule has 1 fully saturated rings. The van der Waals surface area contributed by atoms with Gasteiger partial charge in [0, 0.05) is 32.2 Å². The van der Waals surface area contributed by atoms with Crippen LogP contribution in [0, 0.1) is 13.8 Å². The van der Waals surface area contributed by atoms with Crippen molar-refractivity contribution in [1.29, 1.82) is 0 Å². The largest absolute Gasteiger partial charge is 0.374 e. The fourth-order valence-electron chi connectivity index (χ4n) is 2.22. The molecule has 1 aromatic rings. The number of carbonyl (C=O) groups is 1. The fourth-order valence-corrected chi connectivity index (χ4v) is 2.22. The molecule has 1 saturated heterocycles. The first kappa shape index (κ1) is 14.0. The molecule has 0 radical (unpaired) electrons. The lowest BCUT2D eigenvalue weighted by Gasteiger charge is -2.28. The topological polar surface area (TPSA) is 41.6 Å². The van der Waals surface area contributed by atoms with Gasteiger partial charge in [-0.25, -0.2) is 0 Å². The van der Waals surface area contributed by atoms with E-state index in [4.69, 9.17) is 4.74 Å². The van der Waals surface area contributed by atoms with Gasteiger partial charge in [-0.3, -0.25) is 4.79 Å². The smallest absolute Gasteiger partial charge is 0.253 e. The summed E-state index contributed by atoms with van der Waals surface area (Å²) in [5, 5.41) is 3.27. The number of amides is 1. The van der Waals surface area contributed by atoms with E-state index < -0.39 is 0 Å². The molecule has 0 bridgehead atoms. The van der Waals surface area contributed by atoms with Gasteiger partial charge in [0.05, 0.1) is 12.7 Å². The minimum Gasteiger partial charge on any atom is -0.374 e. The van der Waals surface area contributed by atoms with Crippen LogP contribution in [0.2, 0.25) is 0 Å². The number of nitrogens with zero attached hydrogens (tertiary/aromatic N) is 1. The van der Waals surface area contributed by atoms with Gasteiger partial charge in [-0.15, -0.1) is 0 Å². The van der Waals surface area contributed by atoms with Crippen LogP contribution in [0.5, 0.6) is 0 Å². The Kier molecular flexibility index (Phi) is 4.56. The van der Waals surface area contributed by atoms with Crippen LogP contribution in [0.15, 0.2) is 18.2 Å². The predicted molar refractivity (Wildman–Crippen MR) is 75.5 cm³/mol. The lowest BCUT2D eigenvalue weighted by Crippen LogP contribution is -2.45. The molecule has 4 heteroatoms. The predicted octanol–water partition coefficient (Wildman–Crippen LogP) is 1.36. The van der Waals surface area contributed by atoms with Crippen molar-refractivity contribution in [2.75, 3.05) is 33.3 Å². The van der Waals surface area contributed by atoms with Crippen LogP contribution in [0.25, 0.3) is 0 Å². The second kappa shape index (κ2) is 6.17. The number of benzene rings is 1. The first-order valence-corrected chi connectivity index (χ1v) is 6.73. The van der Waals surface area contributed by atoms with Crippen molar-refractivity contribution < 1.29 is 9.53 Å². The minimum atomic E-state index is 0.0530. The second-order valence-electron chi connectivity index (χ2n) is 5.18. The average molecular weight is 262 g/mol. The molecule has 1 aliphatic rings. The van der Waals surface area contributed by atoms with Gasteiger partial charge in [-0.2, -0.15) is 0 Å². The number of nitrogens with one attached hydrogen (secondary N) is 1. The summed E-state index contributed by atoms with van der Waals surface area (Å²) in [5.41, 5.74) is 3.10. The van der Waals surface area contributed by atoms with Crippen LogP contribution in [-0.4, -0.2) is 50.2 Å². The number of hydrogen-bond donors (Lipinski definition) is 1. The van der Waals surface area contributed by atoms with Crippen LogP contribution in [-0.2, 0) is 4.74 Å². The summed E-state index contributed by atoms with van der Waals surface area (Å²) in [7, 11) is 1.83. The van der Waals surface area contributed by atoms with Crippen LogP contribution in [0.3, 0.4) is 0 Å². The van der Waals surface area contributed by atoms with E-state index in [0.29, 0.717) is 6.54 Å². The highest BCUT2D eigenvalue weighted by Crippen LogP contribution is 2.12. The van der Waals surface area contributed by atoms with Crippen LogP contribution >= 0.6 is 0 Å². The van der Waals surface area contributed by atoms with E-state index in [1.165, 1.54) is 5.56 Å². The van der Waals surface area contributed by atoms with Crippen LogP contribution in [0.4, 0.5) is 0 Å². The Balaban J connectivity index is 1.99. The third-order valence-corrected chi connectivity index (χ3v) is 3.58. The molecule has 4 nitrogen and oxygen atoms in total. The first-order chi connectivity index (χ1) is 9.08. The maximum Gasteiger partial charge on any atom is 0.253 e. The van der Waals surface area contributed by atoms with E-state index in [0.717, 1.165) is 30.8 Å². The molecule has 0 aromatic heterocycles. The Bertz CT molecular complexity index is 453. The number of carbonyl (C=O) groups excluding carboxylic acids is 1. The van der Waals surface area contributed by atoms with Gasteiger partial charge < -0.3 is 15.0 Å². The van der Waals surface area contributed by atoms with Gasteiger partial charge in [0.1, 0.15) is 0 Å². The Hall–Kier alpha value is -1.39. The molecule has 1 aromatic carbocycles. The van der Waals surface area contributed by atoms with Crippen molar-refractivity contribution in [2.45, 2.75) is 20.0 Å². The highest BCUT2D eigenvalue weighted by atomic mass is 16.5. The van der Waals surface area contributed by atoms with E-state index in [9.17, 15) is 4.79 Å². The van der Waals surface area contributed by atoms with E-state index in [1.807, 2.05) is 32.2 Å². The molecule has 1 atom stereocenters. The molecule has 1 aliphatic heterocycles. The zero-order valence-electron chi connectivity index (χ0n) is 11.9. The quantitative estimate of drug-likeness (QED) is 0.894. The Morgan fingerprint density at radius 3 is 2.84 bits per heavy atom. The maximum atomic E-state index is 12.3. The van der Waals surface area contributed by atoms with Crippen molar-refractivity contribution in [3.63, 3.8) is 0 Å². The van der Waals surface area contributed by atoms with Crippen molar-refractivity contribution in [2.24, 2.45) is 0 Å². The summed E-state index contributed by atoms with van der Waals surface area (Å²) in [6, 6.07) is 5.84. The normalized spacial score (nSPS) is 19.2. The third kappa shape index (κ3) is 3.55. The molecule has 0 spiro atoms. The molecule has 1 heterocycles. The Morgan fingerprint density at radius 2 is 2.21 bits per heavy atom. The number of morpholine rings is 1. The molecule has 0 saturated carbocycles. The Labute approximate surface area is 114 Å². The highest BCUT2D eigenvalue weighted by Gasteiger charge is 2.19. The summed E-state index contributed by atoms with van der Waals surface area (Å²) in [4.78, 5) is 14.1. The number of hydrogen-bond acceptors (Lipinski definition) is 3. The average Bonchev–Trinajstić information content (AvgIpc) is 2.42. The summed E-state index contributed by atoms with van der Waals surface area (Å²) in [5.74, 6) is 0.0530. The molecule has 0 aliphatic carbocycles. The lowest BCUT2D eigenvalue weighted by molar-refractivity contribution is 0.0104. The van der Waals surface area contributed by atoms with Gasteiger partial charge >= 0.3 is 0 Å². The van der Waals surface area contributed by atoms with Crippen LogP contribution < -0.4 is 5.32 Å². The van der Waals surface area contributed by atoms with Crippen molar-refractivity contribution in [3.05, 3.63) is 34.9 Å². The van der Waals surface area contributed by atoms with Crippen molar-refractivity contribution in [1.82, 2.24) is 10.2 Å². The number of ether oxygens (including phenoxy) is 1. The third-order valence-electron chi connectivity index (χ3n) is 3.58. The SMILES string of the molecule is Cc1ccc(C(=O)N(C)CC2CNCCO2)cc1C. The summed E-state index contributed by atoms with van der Waals surface area (Å²) < 4.78 is 5.62. The number of likely N-dealkylation sites (N-methyl/N-ethyl adjacent to an activating group) is 1. The minimum absolute atomic E-state index is 0.0530. The van der Waals surface area contributed by atoms with Crippen molar-refractivity contribution in [3.8, 4) is 0 Å². The van der Waals surface area contributed by atoms with Gasteiger partial charge in [-0.1, -0.05) is 6.07 Å². The standard InChI is InChI=1S/C15H22N2O2/c1-11-4-5-13(8-12(11)2)15(18)17(3)10-14-9-16-6-7-19-14/h4-5,8,14,16H,6-7,9-10H2,1-3H3. The van der Waals surface area contributed by atoms with E-state index >= 15 is 0 Å². The zero-order valence-corrected chi connectivity index (χ0v) is 11.9. The first-order valence-electron chi connectivity index (χ1n) is 6.73. The van der Waals surface area contributed by atoms with Gasteiger partial charge in [0.2, 0.25) is 0 Å². The maximum absolute atomic E-state index is 12.3. The molecule has 19 heavy (non-hydrogen) atoms. The zero-order chi connectivity index (χ0) is 13.8.